The van der Waals surface area contributed by atoms with E-state index in [1.807, 2.05) is 21.1 Å². The van der Waals surface area contributed by atoms with Crippen molar-refractivity contribution >= 4 is 19.8 Å². The van der Waals surface area contributed by atoms with Gasteiger partial charge in [0.05, 0.1) is 27.7 Å². The lowest BCUT2D eigenvalue weighted by atomic mass is 10.0. The van der Waals surface area contributed by atoms with Gasteiger partial charge in [0.15, 0.2) is 6.10 Å². The van der Waals surface area contributed by atoms with Crippen molar-refractivity contribution in [3.8, 4) is 0 Å². The van der Waals surface area contributed by atoms with Crippen LogP contribution in [0.25, 0.3) is 0 Å². The summed E-state index contributed by atoms with van der Waals surface area (Å²) in [6.45, 7) is 4.36. The molecule has 2 atom stereocenters. The summed E-state index contributed by atoms with van der Waals surface area (Å²) < 4.78 is 34.7. The number of unbranched alkanes of at least 4 members (excludes halogenated alkanes) is 35. The molecule has 0 aromatic rings. The van der Waals surface area contributed by atoms with Crippen molar-refractivity contribution in [2.24, 2.45) is 0 Å². The first-order chi connectivity index (χ1) is 37.0. The molecule has 0 aliphatic heterocycles. The minimum atomic E-state index is -4.39. The van der Waals surface area contributed by atoms with Gasteiger partial charge in [-0.15, -0.1) is 0 Å². The molecule has 0 rings (SSSR count). The highest BCUT2D eigenvalue weighted by atomic mass is 31.2. The minimum absolute atomic E-state index is 0.0319. The number of carbonyl (C=O) groups is 2. The highest BCUT2D eigenvalue weighted by molar-refractivity contribution is 7.47. The Morgan fingerprint density at radius 2 is 0.750 bits per heavy atom. The SMILES string of the molecule is CC/C=C\C/C=C\C/C=C\C/C=C\CCCCCCCCCCCCCCCCCCCCC(=O)OC(COC(=O)CCCCCCCCCCC/C=C\CCCCCCCCCC)COP(=O)(O)OCC[N+](C)(C)C. The fourth-order valence-electron chi connectivity index (χ4n) is 9.12. The molecule has 0 spiro atoms. The predicted molar refractivity (Wildman–Crippen MR) is 326 cm³/mol. The van der Waals surface area contributed by atoms with Crippen molar-refractivity contribution in [3.63, 3.8) is 0 Å². The van der Waals surface area contributed by atoms with Crippen LogP contribution in [0.2, 0.25) is 0 Å². The van der Waals surface area contributed by atoms with E-state index in [1.54, 1.807) is 0 Å². The molecule has 0 fully saturated rings. The lowest BCUT2D eigenvalue weighted by molar-refractivity contribution is -0.870. The van der Waals surface area contributed by atoms with Gasteiger partial charge in [-0.2, -0.15) is 0 Å². The van der Waals surface area contributed by atoms with Crippen molar-refractivity contribution in [1.29, 1.82) is 0 Å². The number of phosphoric acid groups is 1. The van der Waals surface area contributed by atoms with Gasteiger partial charge in [0.25, 0.3) is 0 Å². The molecule has 0 saturated heterocycles. The molecule has 0 bridgehead atoms. The van der Waals surface area contributed by atoms with Crippen molar-refractivity contribution in [1.82, 2.24) is 0 Å². The standard InChI is InChI=1S/C66H122NO8P/c1-6-8-10-12-14-16-18-20-22-24-26-28-29-30-31-32-33-34-35-36-37-39-41-43-45-47-49-51-53-55-57-59-66(69)75-64(63-74-76(70,71)73-61-60-67(3,4)5)62-72-65(68)58-56-54-52-50-48-46-44-42-40-38-27-25-23-21-19-17-15-13-11-9-7-2/h8,10,14,16,20,22,25-28,64H,6-7,9,11-13,15,17-19,21,23-24,29-63H2,1-5H3/p+1/b10-8-,16-14-,22-20-,27-25-,28-26-. The third-order valence-corrected chi connectivity index (χ3v) is 15.0. The van der Waals surface area contributed by atoms with Gasteiger partial charge in [-0.1, -0.05) is 267 Å². The zero-order valence-corrected chi connectivity index (χ0v) is 51.4. The first-order valence-corrected chi connectivity index (χ1v) is 33.5. The lowest BCUT2D eigenvalue weighted by Crippen LogP contribution is -2.37. The van der Waals surface area contributed by atoms with Crippen LogP contribution in [0.3, 0.4) is 0 Å². The molecule has 0 aliphatic carbocycles. The van der Waals surface area contributed by atoms with Gasteiger partial charge >= 0.3 is 19.8 Å². The molecule has 0 aliphatic rings. The van der Waals surface area contributed by atoms with Crippen LogP contribution in [-0.2, 0) is 32.7 Å². The monoisotopic (exact) mass is 1090 g/mol. The van der Waals surface area contributed by atoms with Gasteiger partial charge in [0.1, 0.15) is 19.8 Å². The Hall–Kier alpha value is -2.29. The van der Waals surface area contributed by atoms with Gasteiger partial charge in [0, 0.05) is 12.8 Å². The lowest BCUT2D eigenvalue weighted by Gasteiger charge is -2.24. The quantitative estimate of drug-likeness (QED) is 0.0211. The van der Waals surface area contributed by atoms with E-state index in [-0.39, 0.29) is 32.0 Å². The van der Waals surface area contributed by atoms with E-state index in [4.69, 9.17) is 18.5 Å². The number of likely N-dealkylation sites (N-methyl/N-ethyl adjacent to an activating group) is 1. The van der Waals surface area contributed by atoms with Crippen LogP contribution < -0.4 is 0 Å². The van der Waals surface area contributed by atoms with Gasteiger partial charge in [-0.05, 0) is 77.0 Å². The number of allylic oxidation sites excluding steroid dienone is 10. The van der Waals surface area contributed by atoms with Gasteiger partial charge in [0.2, 0.25) is 0 Å². The second-order valence-electron chi connectivity index (χ2n) is 22.8. The molecule has 10 heteroatoms. The number of hydrogen-bond acceptors (Lipinski definition) is 7. The topological polar surface area (TPSA) is 108 Å². The summed E-state index contributed by atoms with van der Waals surface area (Å²) in [6.07, 6.45) is 74.5. The third-order valence-electron chi connectivity index (χ3n) is 14.0. The first-order valence-electron chi connectivity index (χ1n) is 32.0. The molecule has 444 valence electrons. The van der Waals surface area contributed by atoms with Crippen molar-refractivity contribution in [2.75, 3.05) is 47.5 Å². The largest absolute Gasteiger partial charge is 0.472 e. The minimum Gasteiger partial charge on any atom is -0.462 e. The van der Waals surface area contributed by atoms with E-state index < -0.39 is 26.5 Å². The Kier molecular flexibility index (Phi) is 55.7. The maximum absolute atomic E-state index is 12.8. The maximum Gasteiger partial charge on any atom is 0.472 e. The second kappa shape index (κ2) is 57.4. The summed E-state index contributed by atoms with van der Waals surface area (Å²) in [4.78, 5) is 35.8. The normalized spacial score (nSPS) is 13.6. The number of ether oxygens (including phenoxy) is 2. The summed E-state index contributed by atoms with van der Waals surface area (Å²) in [5, 5.41) is 0. The Labute approximate surface area is 470 Å². The number of esters is 2. The van der Waals surface area contributed by atoms with Crippen LogP contribution in [0.4, 0.5) is 0 Å². The molecule has 76 heavy (non-hydrogen) atoms. The summed E-state index contributed by atoms with van der Waals surface area (Å²) in [6, 6.07) is 0. The van der Waals surface area contributed by atoms with E-state index >= 15 is 0 Å². The number of rotatable bonds is 59. The summed E-state index contributed by atoms with van der Waals surface area (Å²) >= 11 is 0. The number of hydrogen-bond donors (Lipinski definition) is 1. The molecular weight excluding hydrogens is 966 g/mol. The van der Waals surface area contributed by atoms with E-state index in [0.717, 1.165) is 57.8 Å². The van der Waals surface area contributed by atoms with Crippen LogP contribution in [0.1, 0.15) is 296 Å². The smallest absolute Gasteiger partial charge is 0.462 e. The van der Waals surface area contributed by atoms with E-state index in [9.17, 15) is 19.0 Å². The second-order valence-corrected chi connectivity index (χ2v) is 24.2. The first kappa shape index (κ1) is 73.7. The van der Waals surface area contributed by atoms with Gasteiger partial charge in [-0.3, -0.25) is 18.6 Å². The average Bonchev–Trinajstić information content (AvgIpc) is 3.38. The molecule has 0 heterocycles. The van der Waals surface area contributed by atoms with Crippen LogP contribution in [0.5, 0.6) is 0 Å². The zero-order valence-electron chi connectivity index (χ0n) is 50.5. The average molecular weight is 1090 g/mol. The highest BCUT2D eigenvalue weighted by Gasteiger charge is 2.27. The molecule has 1 N–H and O–H groups in total. The molecule has 0 amide bonds. The van der Waals surface area contributed by atoms with Crippen LogP contribution >= 0.6 is 7.82 Å². The van der Waals surface area contributed by atoms with Gasteiger partial charge in [-0.25, -0.2) is 4.57 Å². The van der Waals surface area contributed by atoms with Crippen LogP contribution in [-0.4, -0.2) is 74.9 Å². The van der Waals surface area contributed by atoms with Crippen LogP contribution in [0, 0.1) is 0 Å². The zero-order chi connectivity index (χ0) is 55.6. The molecular formula is C66H123NO8P+. The number of quaternary nitrogens is 1. The Morgan fingerprint density at radius 1 is 0.421 bits per heavy atom. The van der Waals surface area contributed by atoms with Crippen molar-refractivity contribution < 1.29 is 42.1 Å². The predicted octanol–water partition coefficient (Wildman–Crippen LogP) is 20.3. The van der Waals surface area contributed by atoms with Crippen molar-refractivity contribution in [2.45, 2.75) is 302 Å². The van der Waals surface area contributed by atoms with E-state index in [2.05, 4.69) is 74.6 Å². The summed E-state index contributed by atoms with van der Waals surface area (Å²) in [5.74, 6) is -0.787. The molecule has 9 nitrogen and oxygen atoms in total. The van der Waals surface area contributed by atoms with E-state index in [1.165, 1.54) is 205 Å². The Balaban J connectivity index is 4.06. The highest BCUT2D eigenvalue weighted by Crippen LogP contribution is 2.43. The molecule has 0 saturated carbocycles. The molecule has 0 radical (unpaired) electrons. The Morgan fingerprint density at radius 3 is 1.13 bits per heavy atom. The fraction of sp³-hybridized carbons (Fsp3) is 0.818. The fourth-order valence-corrected chi connectivity index (χ4v) is 9.86. The molecule has 0 aromatic heterocycles. The Bertz CT molecular complexity index is 1470. The number of carbonyl (C=O) groups excluding carboxylic acids is 2. The van der Waals surface area contributed by atoms with Gasteiger partial charge < -0.3 is 18.9 Å². The molecule has 2 unspecified atom stereocenters. The molecule has 0 aromatic carbocycles. The number of nitrogens with zero attached hydrogens (tertiary/aromatic N) is 1. The van der Waals surface area contributed by atoms with E-state index in [0.29, 0.717) is 17.4 Å². The summed E-state index contributed by atoms with van der Waals surface area (Å²) in [7, 11) is 1.49. The summed E-state index contributed by atoms with van der Waals surface area (Å²) in [5.41, 5.74) is 0. The third kappa shape index (κ3) is 60.9. The van der Waals surface area contributed by atoms with Crippen molar-refractivity contribution in [3.05, 3.63) is 60.8 Å². The maximum atomic E-state index is 12.8. The van der Waals surface area contributed by atoms with Crippen LogP contribution in [0.15, 0.2) is 60.8 Å². The number of phosphoric ester groups is 1.